The first-order valence-electron chi connectivity index (χ1n) is 28.0. The molecular weight excluding hydrogens is 1440 g/mol. The van der Waals surface area contributed by atoms with Crippen LogP contribution in [0.15, 0.2) is 0 Å². The van der Waals surface area contributed by atoms with Crippen LogP contribution in [0.3, 0.4) is 0 Å². The minimum Gasteiger partial charge on any atom is -1.00 e. The Bertz CT molecular complexity index is 2300. The fraction of sp³-hybridized carbons (Fsp3) is 0.684. The number of halogens is 1. The number of ether oxygens (including phenoxy) is 7. The van der Waals surface area contributed by atoms with Gasteiger partial charge in [0.1, 0.15) is 34.5 Å². The van der Waals surface area contributed by atoms with Crippen LogP contribution < -0.4 is 64.4 Å². The molecule has 0 bridgehead atoms. The molecule has 35 nitrogen and oxygen atoms in total. The predicted molar refractivity (Wildman–Crippen MR) is 337 cm³/mol. The number of aliphatic hydroxyl groups excluding tert-OH is 1. The van der Waals surface area contributed by atoms with Crippen LogP contribution in [-0.4, -0.2) is 251 Å². The van der Waals surface area contributed by atoms with E-state index in [1.807, 2.05) is 0 Å². The first-order valence-corrected chi connectivity index (χ1v) is 29.4. The van der Waals surface area contributed by atoms with Crippen molar-refractivity contribution in [3.8, 4) is 0 Å². The van der Waals surface area contributed by atoms with E-state index in [0.717, 1.165) is 7.11 Å². The predicted octanol–water partition coefficient (Wildman–Crippen LogP) is -3.78. The number of carbonyl (C=O) groups excluding carboxylic acids is 11. The molecule has 0 heterocycles. The van der Waals surface area contributed by atoms with E-state index in [-0.39, 0.29) is 236 Å². The van der Waals surface area contributed by atoms with Crippen molar-refractivity contribution >= 4 is 174 Å². The van der Waals surface area contributed by atoms with Gasteiger partial charge in [0.25, 0.3) is 6.47 Å². The summed E-state index contributed by atoms with van der Waals surface area (Å²) in [5.74, 6) is -16.1. The van der Waals surface area contributed by atoms with Crippen LogP contribution in [0.2, 0.25) is 0 Å². The number of methoxy groups -OCH3 is 5. The van der Waals surface area contributed by atoms with Crippen molar-refractivity contribution in [1.29, 1.82) is 0 Å². The SMILES string of the molecule is CC(=O)CC(CCC(=O)O)C(=O)O.CC(O)CC(CCC(=O)O)C(=O)O.CC(S)CC(CCC(=O)O)C(=O)O.CCOC(=O)C(C(C)=O)C(CCC(=O)OC)C(=O)OC.CCOC(=O)CC(C)=O.COC(=O)CCC(Br)C(=O)OC.COC(=O)CCCC(=O)O.O=CO[O-].[B].[H-].[Na+].[Na+].[Na]. The van der Waals surface area contributed by atoms with Crippen molar-refractivity contribution in [2.75, 3.05) is 48.8 Å². The van der Waals surface area contributed by atoms with Gasteiger partial charge in [-0.15, -0.1) is 0 Å². The fourth-order valence-corrected chi connectivity index (χ4v) is 7.02. The molecule has 0 aromatic rings. The van der Waals surface area contributed by atoms with Crippen molar-refractivity contribution in [3.63, 3.8) is 0 Å². The van der Waals surface area contributed by atoms with E-state index < -0.39 is 112 Å². The molecular formula is C57H93BBrNa3O35S. The van der Waals surface area contributed by atoms with Crippen molar-refractivity contribution in [1.82, 2.24) is 0 Å². The quantitative estimate of drug-likeness (QED) is 0.00330. The molecule has 550 valence electrons. The number of carbonyl (C=O) groups is 18. The Morgan fingerprint density at radius 1 is 0.500 bits per heavy atom. The Kier molecular flexibility index (Phi) is 96.9. The minimum absolute atomic E-state index is 0. The van der Waals surface area contributed by atoms with Crippen LogP contribution in [0, 0.1) is 29.6 Å². The summed E-state index contributed by atoms with van der Waals surface area (Å²) in [6, 6.07) is 0. The van der Waals surface area contributed by atoms with Gasteiger partial charge < -0.3 is 90.4 Å². The number of esters is 7. The maximum atomic E-state index is 11.8. The van der Waals surface area contributed by atoms with Gasteiger partial charge in [-0.05, 0) is 98.2 Å². The van der Waals surface area contributed by atoms with E-state index in [1.165, 1.54) is 56.1 Å². The molecule has 41 heteroatoms. The van der Waals surface area contributed by atoms with Crippen LogP contribution >= 0.6 is 28.6 Å². The summed E-state index contributed by atoms with van der Waals surface area (Å²) in [6.45, 7) is 10.7. The Hall–Kier alpha value is -5.13. The van der Waals surface area contributed by atoms with Gasteiger partial charge in [-0.1, -0.05) is 22.9 Å². The minimum atomic E-state index is -1.27. The molecule has 8 atom stereocenters. The van der Waals surface area contributed by atoms with Gasteiger partial charge in [0.2, 0.25) is 0 Å². The Balaban J connectivity index is -0.0000000787. The summed E-state index contributed by atoms with van der Waals surface area (Å²) in [6.07, 6.45) is 0.378. The van der Waals surface area contributed by atoms with Crippen LogP contribution in [0.5, 0.6) is 0 Å². The molecule has 0 saturated heterocycles. The zero-order chi connectivity index (χ0) is 75.2. The van der Waals surface area contributed by atoms with Crippen molar-refractivity contribution in [3.05, 3.63) is 0 Å². The van der Waals surface area contributed by atoms with Gasteiger partial charge in [0, 0.05) is 89.3 Å². The van der Waals surface area contributed by atoms with Gasteiger partial charge in [-0.25, -0.2) is 0 Å². The maximum absolute atomic E-state index is 11.8. The van der Waals surface area contributed by atoms with E-state index in [1.54, 1.807) is 20.8 Å². The number of hydrogen-bond donors (Lipinski definition) is 9. The smallest absolute Gasteiger partial charge is 1.00 e. The molecule has 0 aromatic heterocycles. The third kappa shape index (κ3) is 88.9. The summed E-state index contributed by atoms with van der Waals surface area (Å²) in [7, 11) is 6.25. The molecule has 0 rings (SSSR count). The summed E-state index contributed by atoms with van der Waals surface area (Å²) in [5, 5.41) is 76.4. The number of aliphatic hydroxyl groups is 1. The molecule has 0 aromatic carbocycles. The monoisotopic (exact) mass is 1530 g/mol. The molecule has 0 aliphatic rings. The van der Waals surface area contributed by atoms with Crippen LogP contribution in [0.1, 0.15) is 159 Å². The standard InChI is InChI=1S/C13H20O7.C8H14O5.C8H12O5.C8H14O4S.C7H11BrO4.C6H10O4.C6H10O3.CH2O3.B.3Na.H/c1-5-20-13(17)11(8(2)14)9(12(16)19-4)6-7-10(15)18-3;2*1-5(9)4-6(8(12)13)2-3-7(10)11;1-5(13)4-6(8(11)12)2-3-7(9)10;1-11-6(9)4-3-5(8)7(10)12-2;1-10-6(9)4-2-3-5(7)8;1-3-9-6(8)4-5(2)7;2-1-4-3;;;;;/h9,11H,5-7H2,1-4H3;5-6,9H,2-4H2,1H3,(H,10,11)(H,12,13);6H,2-4H2,1H3,(H,10,11)(H,12,13);5-6,13H,2-4H2,1H3,(H,9,10)(H,11,12);5H,3-4H2,1-2H3;2-4H2,1H3,(H,7,8);3-4H2,1-2H3;1,3H;;;;;/q;;;;;;;;;;2*+1;-1/p-1. The third-order valence-electron chi connectivity index (χ3n) is 10.7. The molecule has 0 saturated carbocycles. The largest absolute Gasteiger partial charge is 1.00 e. The number of thiol groups is 1. The molecule has 0 aliphatic heterocycles. The van der Waals surface area contributed by atoms with Crippen molar-refractivity contribution < 1.29 is 231 Å². The molecule has 0 spiro atoms. The van der Waals surface area contributed by atoms with E-state index in [4.69, 9.17) is 55.6 Å². The topological polar surface area (TPSA) is 566 Å². The van der Waals surface area contributed by atoms with Crippen LogP contribution in [-0.2, 0) is 124 Å². The number of carboxylic acids is 7. The second kappa shape index (κ2) is 79.2. The Morgan fingerprint density at radius 2 is 0.857 bits per heavy atom. The molecule has 0 amide bonds. The fourth-order valence-electron chi connectivity index (χ4n) is 6.35. The molecule has 0 aliphatic carbocycles. The summed E-state index contributed by atoms with van der Waals surface area (Å²) in [4.78, 5) is 192. The van der Waals surface area contributed by atoms with Gasteiger partial charge in [-0.3, -0.25) is 81.5 Å². The second-order valence-corrected chi connectivity index (χ2v) is 20.9. The Labute approximate surface area is 651 Å². The number of alkyl halides is 1. The molecule has 98 heavy (non-hydrogen) atoms. The first-order chi connectivity index (χ1) is 43.5. The number of ketones is 3. The Morgan fingerprint density at radius 3 is 1.14 bits per heavy atom. The summed E-state index contributed by atoms with van der Waals surface area (Å²) in [5.41, 5.74) is 0. The number of hydrogen-bond acceptors (Lipinski definition) is 29. The first kappa shape index (κ1) is 120. The molecule has 0 fully saturated rings. The number of Topliss-reactive ketones (excluding diaryl/α,β-unsaturated/α-hetero) is 3. The van der Waals surface area contributed by atoms with Gasteiger partial charge in [0.15, 0.2) is 0 Å². The molecule has 8 unspecified atom stereocenters. The van der Waals surface area contributed by atoms with E-state index in [0.29, 0.717) is 25.9 Å². The molecule has 4 radical (unpaired) electrons. The average molecular weight is 1530 g/mol. The van der Waals surface area contributed by atoms with E-state index in [2.05, 4.69) is 61.9 Å². The summed E-state index contributed by atoms with van der Waals surface area (Å²) < 4.78 is 31.5. The van der Waals surface area contributed by atoms with Gasteiger partial charge >= 0.3 is 143 Å². The zero-order valence-corrected chi connectivity index (χ0v) is 66.6. The maximum Gasteiger partial charge on any atom is 1.00 e. The van der Waals surface area contributed by atoms with Crippen molar-refractivity contribution in [2.24, 2.45) is 29.6 Å². The van der Waals surface area contributed by atoms with E-state index in [9.17, 15) is 81.5 Å². The third-order valence-corrected chi connectivity index (χ3v) is 11.8. The number of rotatable bonds is 38. The van der Waals surface area contributed by atoms with Crippen LogP contribution in [0.25, 0.3) is 0 Å². The van der Waals surface area contributed by atoms with Crippen molar-refractivity contribution in [2.45, 2.75) is 174 Å². The van der Waals surface area contributed by atoms with E-state index >= 15 is 0 Å². The van der Waals surface area contributed by atoms with Gasteiger partial charge in [-0.2, -0.15) is 12.6 Å². The number of carboxylic acid groups (broad SMARTS) is 7. The molecule has 8 N–H and O–H groups in total. The average Bonchev–Trinajstić information content (AvgIpc) is 1.24. The number of aliphatic carboxylic acids is 7. The normalized spacial score (nSPS) is 11.6. The van der Waals surface area contributed by atoms with Crippen LogP contribution in [0.4, 0.5) is 0 Å². The summed E-state index contributed by atoms with van der Waals surface area (Å²) >= 11 is 7.14. The zero-order valence-electron chi connectivity index (χ0n) is 59.1. The second-order valence-electron chi connectivity index (χ2n) is 18.9. The van der Waals surface area contributed by atoms with Gasteiger partial charge in [0.05, 0.1) is 78.5 Å².